The van der Waals surface area contributed by atoms with Crippen molar-refractivity contribution in [1.82, 2.24) is 25.5 Å². The molecule has 0 unspecified atom stereocenters. The van der Waals surface area contributed by atoms with E-state index in [9.17, 15) is 8.42 Å². The van der Waals surface area contributed by atoms with Crippen molar-refractivity contribution in [1.29, 1.82) is 0 Å². The van der Waals surface area contributed by atoms with E-state index in [4.69, 9.17) is 0 Å². The van der Waals surface area contributed by atoms with Crippen LogP contribution in [0.4, 0.5) is 0 Å². The van der Waals surface area contributed by atoms with Crippen molar-refractivity contribution in [3.05, 3.63) is 0 Å². The monoisotopic (exact) mass is 335 g/mol. The molecule has 0 saturated heterocycles. The second-order valence-electron chi connectivity index (χ2n) is 5.86. The van der Waals surface area contributed by atoms with Gasteiger partial charge in [-0.3, -0.25) is 0 Å². The number of aromatic nitrogens is 4. The molecule has 9 heteroatoms. The van der Waals surface area contributed by atoms with Crippen LogP contribution in [-0.2, 0) is 16.4 Å². The van der Waals surface area contributed by atoms with Crippen molar-refractivity contribution in [2.24, 2.45) is 0 Å². The lowest BCUT2D eigenvalue weighted by atomic mass is 10.1. The number of nitrogens with one attached hydrogen (secondary N) is 1. The summed E-state index contributed by atoms with van der Waals surface area (Å²) in [7, 11) is -2.95. The van der Waals surface area contributed by atoms with Crippen molar-refractivity contribution >= 4 is 21.6 Å². The third-order valence-corrected chi connectivity index (χ3v) is 5.69. The predicted octanol–water partition coefficient (Wildman–Crippen LogP) is 0.978. The van der Waals surface area contributed by atoms with Crippen molar-refractivity contribution in [2.45, 2.75) is 51.4 Å². The van der Waals surface area contributed by atoms with Crippen molar-refractivity contribution in [2.75, 3.05) is 23.8 Å². The average Bonchev–Trinajstić information content (AvgIpc) is 2.75. The van der Waals surface area contributed by atoms with Crippen LogP contribution in [0.25, 0.3) is 0 Å². The van der Waals surface area contributed by atoms with Crippen LogP contribution in [0.5, 0.6) is 0 Å². The summed E-state index contributed by atoms with van der Waals surface area (Å²) in [6.07, 6.45) is 0.656. The summed E-state index contributed by atoms with van der Waals surface area (Å²) in [5.74, 6) is 0.891. The van der Waals surface area contributed by atoms with Gasteiger partial charge in [0.05, 0.1) is 12.3 Å². The molecule has 1 aromatic rings. The molecule has 7 nitrogen and oxygen atoms in total. The minimum absolute atomic E-state index is 0.0511. The van der Waals surface area contributed by atoms with E-state index >= 15 is 0 Å². The number of tetrazole rings is 1. The van der Waals surface area contributed by atoms with Crippen LogP contribution in [0.2, 0.25) is 0 Å². The molecule has 1 heterocycles. The summed E-state index contributed by atoms with van der Waals surface area (Å²) in [5, 5.41) is 15.6. The van der Waals surface area contributed by atoms with Gasteiger partial charge in [0.15, 0.2) is 9.84 Å². The first-order valence-corrected chi connectivity index (χ1v) is 9.88. The van der Waals surface area contributed by atoms with Crippen LogP contribution >= 0.6 is 11.8 Å². The van der Waals surface area contributed by atoms with Crippen LogP contribution in [-0.4, -0.2) is 58.0 Å². The highest BCUT2D eigenvalue weighted by atomic mass is 32.2. The first-order valence-electron chi connectivity index (χ1n) is 7.08. The second kappa shape index (κ2) is 8.09. The molecular weight excluding hydrogens is 310 g/mol. The SMILES string of the molecule is CCCS(=O)(=O)CCSc1nnnn1CCNC(C)(C)C. The van der Waals surface area contributed by atoms with Gasteiger partial charge in [0.1, 0.15) is 0 Å². The molecule has 1 N–H and O–H groups in total. The van der Waals surface area contributed by atoms with Gasteiger partial charge >= 0.3 is 0 Å². The zero-order valence-electron chi connectivity index (χ0n) is 13.2. The Kier molecular flexibility index (Phi) is 7.08. The molecule has 0 saturated carbocycles. The highest BCUT2D eigenvalue weighted by molar-refractivity contribution is 8.00. The molecule has 0 aliphatic carbocycles. The Morgan fingerprint density at radius 1 is 1.29 bits per heavy atom. The fourth-order valence-electron chi connectivity index (χ4n) is 1.65. The van der Waals surface area contributed by atoms with Gasteiger partial charge in [-0.05, 0) is 37.6 Å². The Hall–Kier alpha value is -0.670. The first kappa shape index (κ1) is 18.4. The lowest BCUT2D eigenvalue weighted by Gasteiger charge is -2.20. The van der Waals surface area contributed by atoms with E-state index in [2.05, 4.69) is 41.6 Å². The highest BCUT2D eigenvalue weighted by Gasteiger charge is 2.13. The van der Waals surface area contributed by atoms with Crippen molar-refractivity contribution < 1.29 is 8.42 Å². The van der Waals surface area contributed by atoms with E-state index in [0.717, 1.165) is 6.54 Å². The van der Waals surface area contributed by atoms with Gasteiger partial charge in [0, 0.05) is 23.6 Å². The molecule has 1 rings (SSSR count). The molecule has 0 aliphatic heterocycles. The number of hydrogen-bond donors (Lipinski definition) is 1. The summed E-state index contributed by atoms with van der Waals surface area (Å²) in [6, 6.07) is 0. The van der Waals surface area contributed by atoms with Gasteiger partial charge in [0.25, 0.3) is 0 Å². The number of nitrogens with zero attached hydrogens (tertiary/aromatic N) is 4. The Morgan fingerprint density at radius 2 is 2.00 bits per heavy atom. The molecule has 0 radical (unpaired) electrons. The van der Waals surface area contributed by atoms with E-state index in [0.29, 0.717) is 23.9 Å². The van der Waals surface area contributed by atoms with Crippen LogP contribution in [0.3, 0.4) is 0 Å². The van der Waals surface area contributed by atoms with Crippen molar-refractivity contribution in [3.63, 3.8) is 0 Å². The standard InChI is InChI=1S/C12H25N5O2S2/c1-5-9-21(18,19)10-8-20-11-14-15-16-17(11)7-6-13-12(2,3)4/h13H,5-10H2,1-4H3. The molecule has 122 valence electrons. The Morgan fingerprint density at radius 3 is 2.62 bits per heavy atom. The van der Waals surface area contributed by atoms with Crippen molar-refractivity contribution in [3.8, 4) is 0 Å². The van der Waals surface area contributed by atoms with Crippen LogP contribution in [0, 0.1) is 0 Å². The molecule has 0 atom stereocenters. The lowest BCUT2D eigenvalue weighted by Crippen LogP contribution is -2.38. The first-order chi connectivity index (χ1) is 9.73. The Balaban J connectivity index is 2.42. The summed E-state index contributed by atoms with van der Waals surface area (Å²) in [5.41, 5.74) is 0.0511. The minimum Gasteiger partial charge on any atom is -0.310 e. The fraction of sp³-hybridized carbons (Fsp3) is 0.917. The maximum atomic E-state index is 11.6. The van der Waals surface area contributed by atoms with Crippen LogP contribution in [0.15, 0.2) is 5.16 Å². The molecule has 21 heavy (non-hydrogen) atoms. The summed E-state index contributed by atoms with van der Waals surface area (Å²) < 4.78 is 25.0. The van der Waals surface area contributed by atoms with E-state index in [-0.39, 0.29) is 17.0 Å². The smallest absolute Gasteiger partial charge is 0.209 e. The molecule has 0 fully saturated rings. The number of sulfone groups is 1. The normalized spacial score (nSPS) is 12.8. The van der Waals surface area contributed by atoms with E-state index in [1.165, 1.54) is 11.8 Å². The van der Waals surface area contributed by atoms with E-state index in [1.54, 1.807) is 4.68 Å². The average molecular weight is 335 g/mol. The minimum atomic E-state index is -2.95. The highest BCUT2D eigenvalue weighted by Crippen LogP contribution is 2.14. The van der Waals surface area contributed by atoms with Crippen LogP contribution in [0.1, 0.15) is 34.1 Å². The molecule has 1 aromatic heterocycles. The zero-order valence-corrected chi connectivity index (χ0v) is 14.8. The Bertz CT molecular complexity index is 522. The van der Waals surface area contributed by atoms with E-state index in [1.807, 2.05) is 6.92 Å². The molecule has 0 bridgehead atoms. The molecule has 0 amide bonds. The fourth-order valence-corrected chi connectivity index (χ4v) is 4.38. The molecular formula is C12H25N5O2S2. The third kappa shape index (κ3) is 7.77. The number of hydrogen-bond acceptors (Lipinski definition) is 7. The summed E-state index contributed by atoms with van der Waals surface area (Å²) >= 11 is 1.38. The van der Waals surface area contributed by atoms with Gasteiger partial charge in [-0.25, -0.2) is 13.1 Å². The third-order valence-electron chi connectivity index (χ3n) is 2.62. The second-order valence-corrected chi connectivity index (χ2v) is 9.23. The number of rotatable bonds is 9. The topological polar surface area (TPSA) is 89.8 Å². The van der Waals surface area contributed by atoms with Crippen LogP contribution < -0.4 is 5.32 Å². The number of thioether (sulfide) groups is 1. The lowest BCUT2D eigenvalue weighted by molar-refractivity contribution is 0.396. The van der Waals surface area contributed by atoms with E-state index < -0.39 is 9.84 Å². The van der Waals surface area contributed by atoms with Gasteiger partial charge in [-0.15, -0.1) is 5.10 Å². The van der Waals surface area contributed by atoms with Gasteiger partial charge in [-0.2, -0.15) is 0 Å². The molecule has 0 spiro atoms. The Labute approximate surface area is 131 Å². The maximum Gasteiger partial charge on any atom is 0.209 e. The van der Waals surface area contributed by atoms with Gasteiger partial charge in [0.2, 0.25) is 5.16 Å². The maximum absolute atomic E-state index is 11.6. The summed E-state index contributed by atoms with van der Waals surface area (Å²) in [4.78, 5) is 0. The quantitative estimate of drug-likeness (QED) is 0.673. The predicted molar refractivity (Wildman–Crippen MR) is 85.2 cm³/mol. The molecule has 0 aromatic carbocycles. The van der Waals surface area contributed by atoms with Gasteiger partial charge in [-0.1, -0.05) is 18.7 Å². The van der Waals surface area contributed by atoms with Gasteiger partial charge < -0.3 is 5.32 Å². The zero-order chi connectivity index (χ0) is 15.9. The molecule has 0 aliphatic rings. The summed E-state index contributed by atoms with van der Waals surface area (Å²) in [6.45, 7) is 9.58. The largest absolute Gasteiger partial charge is 0.310 e.